The molecule has 1 aromatic carbocycles. The van der Waals surface area contributed by atoms with Gasteiger partial charge in [-0.05, 0) is 24.0 Å². The van der Waals surface area contributed by atoms with Crippen molar-refractivity contribution in [2.75, 3.05) is 19.8 Å². The van der Waals surface area contributed by atoms with Crippen LogP contribution in [0.4, 0.5) is 0 Å². The van der Waals surface area contributed by atoms with E-state index in [9.17, 15) is 4.79 Å². The van der Waals surface area contributed by atoms with Gasteiger partial charge in [0.2, 0.25) is 5.91 Å². The van der Waals surface area contributed by atoms with Gasteiger partial charge in [-0.3, -0.25) is 4.79 Å². The van der Waals surface area contributed by atoms with Crippen molar-refractivity contribution >= 4 is 5.91 Å². The lowest BCUT2D eigenvalue weighted by atomic mass is 10.0. The van der Waals surface area contributed by atoms with Crippen LogP contribution in [-0.4, -0.2) is 31.8 Å². The third-order valence-corrected chi connectivity index (χ3v) is 3.17. The summed E-state index contributed by atoms with van der Waals surface area (Å²) in [5, 5.41) is 3.00. The molecule has 0 saturated carbocycles. The number of rotatable bonds is 6. The molecule has 2 rings (SSSR count). The summed E-state index contributed by atoms with van der Waals surface area (Å²) in [5.41, 5.74) is 1.15. The Morgan fingerprint density at radius 2 is 2.25 bits per heavy atom. The Labute approximate surface area is 120 Å². The van der Waals surface area contributed by atoms with Crippen LogP contribution >= 0.6 is 0 Å². The summed E-state index contributed by atoms with van der Waals surface area (Å²) in [6.07, 6.45) is 1.24. The number of fused-ring (bicyclic) bond motifs is 1. The molecule has 0 spiro atoms. The highest BCUT2D eigenvalue weighted by Gasteiger charge is 2.20. The van der Waals surface area contributed by atoms with Crippen molar-refractivity contribution in [2.45, 2.75) is 32.7 Å². The Kier molecular flexibility index (Phi) is 5.41. The second kappa shape index (κ2) is 7.29. The van der Waals surface area contributed by atoms with Crippen LogP contribution in [0.2, 0.25) is 0 Å². The molecule has 0 aliphatic carbocycles. The monoisotopic (exact) mass is 277 g/mol. The summed E-state index contributed by atoms with van der Waals surface area (Å²) in [6, 6.07) is 8.02. The van der Waals surface area contributed by atoms with Crippen molar-refractivity contribution in [1.82, 2.24) is 5.32 Å². The summed E-state index contributed by atoms with van der Waals surface area (Å²) >= 11 is 0. The highest BCUT2D eigenvalue weighted by molar-refractivity contribution is 5.76. The third-order valence-electron chi connectivity index (χ3n) is 3.17. The van der Waals surface area contributed by atoms with Gasteiger partial charge >= 0.3 is 0 Å². The molecule has 1 aliphatic heterocycles. The molecule has 1 heterocycles. The maximum Gasteiger partial charge on any atom is 0.222 e. The van der Waals surface area contributed by atoms with Gasteiger partial charge in [-0.1, -0.05) is 32.0 Å². The fourth-order valence-electron chi connectivity index (χ4n) is 2.20. The van der Waals surface area contributed by atoms with Crippen molar-refractivity contribution < 1.29 is 14.3 Å². The van der Waals surface area contributed by atoms with Gasteiger partial charge in [0.25, 0.3) is 0 Å². The summed E-state index contributed by atoms with van der Waals surface area (Å²) in [5.74, 6) is 1.46. The molecule has 1 aliphatic rings. The van der Waals surface area contributed by atoms with Crippen molar-refractivity contribution in [1.29, 1.82) is 0 Å². The van der Waals surface area contributed by atoms with Gasteiger partial charge < -0.3 is 14.8 Å². The predicted octanol–water partition coefficient (Wildman–Crippen LogP) is 2.17. The second-order valence-electron chi connectivity index (χ2n) is 5.61. The SMILES string of the molecule is CC(C)COCCC(=O)NC1COc2ccccc2C1. The van der Waals surface area contributed by atoms with E-state index in [1.54, 1.807) is 0 Å². The Balaban J connectivity index is 1.71. The second-order valence-corrected chi connectivity index (χ2v) is 5.61. The lowest BCUT2D eigenvalue weighted by Crippen LogP contribution is -2.43. The molecule has 1 unspecified atom stereocenters. The first-order valence-corrected chi connectivity index (χ1v) is 7.23. The average Bonchev–Trinajstić information content (AvgIpc) is 2.43. The Bertz CT molecular complexity index is 445. The maximum atomic E-state index is 11.8. The van der Waals surface area contributed by atoms with Gasteiger partial charge in [0.1, 0.15) is 12.4 Å². The van der Waals surface area contributed by atoms with Gasteiger partial charge in [0.15, 0.2) is 0 Å². The Hall–Kier alpha value is -1.55. The van der Waals surface area contributed by atoms with Gasteiger partial charge in [0.05, 0.1) is 12.6 Å². The lowest BCUT2D eigenvalue weighted by Gasteiger charge is -2.26. The molecular weight excluding hydrogens is 254 g/mol. The number of benzene rings is 1. The highest BCUT2D eigenvalue weighted by atomic mass is 16.5. The quantitative estimate of drug-likeness (QED) is 0.811. The van der Waals surface area contributed by atoms with Crippen molar-refractivity contribution in [3.8, 4) is 5.75 Å². The van der Waals surface area contributed by atoms with Crippen molar-refractivity contribution in [3.05, 3.63) is 29.8 Å². The standard InChI is InChI=1S/C16H23NO3/c1-12(2)10-19-8-7-16(18)17-14-9-13-5-3-4-6-15(13)20-11-14/h3-6,12,14H,7-11H2,1-2H3,(H,17,18). The van der Waals surface area contributed by atoms with Crippen molar-refractivity contribution in [3.63, 3.8) is 0 Å². The fourth-order valence-corrected chi connectivity index (χ4v) is 2.20. The largest absolute Gasteiger partial charge is 0.491 e. The molecule has 4 heteroatoms. The van der Waals surface area contributed by atoms with Gasteiger partial charge in [-0.2, -0.15) is 0 Å². The van der Waals surface area contributed by atoms with E-state index in [0.29, 0.717) is 32.2 Å². The van der Waals surface area contributed by atoms with Crippen LogP contribution in [0.3, 0.4) is 0 Å². The molecule has 0 saturated heterocycles. The summed E-state index contributed by atoms with van der Waals surface area (Å²) in [7, 11) is 0. The summed E-state index contributed by atoms with van der Waals surface area (Å²) < 4.78 is 11.1. The minimum absolute atomic E-state index is 0.0294. The maximum absolute atomic E-state index is 11.8. The molecule has 0 fully saturated rings. The zero-order valence-corrected chi connectivity index (χ0v) is 12.2. The number of para-hydroxylation sites is 1. The minimum Gasteiger partial charge on any atom is -0.491 e. The zero-order chi connectivity index (χ0) is 14.4. The molecule has 110 valence electrons. The minimum atomic E-state index is 0.0294. The van der Waals surface area contributed by atoms with Crippen LogP contribution in [0.5, 0.6) is 5.75 Å². The number of hydrogen-bond donors (Lipinski definition) is 1. The molecule has 20 heavy (non-hydrogen) atoms. The van der Waals surface area contributed by atoms with Crippen LogP contribution in [0, 0.1) is 5.92 Å². The van der Waals surface area contributed by atoms with Gasteiger partial charge in [-0.15, -0.1) is 0 Å². The van der Waals surface area contributed by atoms with Crippen LogP contribution < -0.4 is 10.1 Å². The number of hydrogen-bond acceptors (Lipinski definition) is 3. The topological polar surface area (TPSA) is 47.6 Å². The molecular formula is C16H23NO3. The van der Waals surface area contributed by atoms with E-state index in [1.807, 2.05) is 24.3 Å². The normalized spacial score (nSPS) is 17.4. The number of carbonyl (C=O) groups excluding carboxylic acids is 1. The molecule has 1 atom stereocenters. The molecule has 1 N–H and O–H groups in total. The first-order chi connectivity index (χ1) is 9.65. The van der Waals surface area contributed by atoms with Crippen molar-refractivity contribution in [2.24, 2.45) is 5.92 Å². The smallest absolute Gasteiger partial charge is 0.222 e. The van der Waals surface area contributed by atoms with Gasteiger partial charge in [-0.25, -0.2) is 0 Å². The number of ether oxygens (including phenoxy) is 2. The van der Waals surface area contributed by atoms with E-state index in [2.05, 4.69) is 19.2 Å². The van der Waals surface area contributed by atoms with Crippen LogP contribution in [0.25, 0.3) is 0 Å². The first kappa shape index (κ1) is 14.9. The van der Waals surface area contributed by atoms with E-state index in [1.165, 1.54) is 0 Å². The molecule has 1 aromatic rings. The molecule has 4 nitrogen and oxygen atoms in total. The predicted molar refractivity (Wildman–Crippen MR) is 77.8 cm³/mol. The summed E-state index contributed by atoms with van der Waals surface area (Å²) in [4.78, 5) is 11.8. The zero-order valence-electron chi connectivity index (χ0n) is 12.2. The third kappa shape index (κ3) is 4.53. The highest BCUT2D eigenvalue weighted by Crippen LogP contribution is 2.23. The van der Waals surface area contributed by atoms with Crippen LogP contribution in [0.1, 0.15) is 25.8 Å². The Morgan fingerprint density at radius 1 is 1.45 bits per heavy atom. The number of nitrogens with one attached hydrogen (secondary N) is 1. The lowest BCUT2D eigenvalue weighted by molar-refractivity contribution is -0.123. The van der Waals surface area contributed by atoms with Crippen LogP contribution in [0.15, 0.2) is 24.3 Å². The van der Waals surface area contributed by atoms with E-state index < -0.39 is 0 Å². The first-order valence-electron chi connectivity index (χ1n) is 7.23. The fraction of sp³-hybridized carbons (Fsp3) is 0.562. The Morgan fingerprint density at radius 3 is 3.05 bits per heavy atom. The molecule has 0 radical (unpaired) electrons. The average molecular weight is 277 g/mol. The van der Waals surface area contributed by atoms with E-state index >= 15 is 0 Å². The van der Waals surface area contributed by atoms with E-state index in [-0.39, 0.29) is 11.9 Å². The molecule has 0 aromatic heterocycles. The van der Waals surface area contributed by atoms with Crippen LogP contribution in [-0.2, 0) is 16.0 Å². The van der Waals surface area contributed by atoms with E-state index in [0.717, 1.165) is 17.7 Å². The van der Waals surface area contributed by atoms with E-state index in [4.69, 9.17) is 9.47 Å². The number of amides is 1. The van der Waals surface area contributed by atoms with Gasteiger partial charge in [0, 0.05) is 13.0 Å². The summed E-state index contributed by atoms with van der Waals surface area (Å²) in [6.45, 7) is 5.91. The molecule has 0 bridgehead atoms. The number of carbonyl (C=O) groups is 1. The molecule has 1 amide bonds.